The second-order valence-electron chi connectivity index (χ2n) is 5.48. The summed E-state index contributed by atoms with van der Waals surface area (Å²) in [6.07, 6.45) is 1.84. The van der Waals surface area contributed by atoms with Gasteiger partial charge in [-0.3, -0.25) is 0 Å². The summed E-state index contributed by atoms with van der Waals surface area (Å²) in [6, 6.07) is 11.1. The molecular weight excluding hydrogens is 292 g/mol. The Balaban J connectivity index is 1.62. The molecule has 2 N–H and O–H groups in total. The zero-order valence-corrected chi connectivity index (χ0v) is 13.1. The summed E-state index contributed by atoms with van der Waals surface area (Å²) in [5.74, 6) is 0.0994. The first-order chi connectivity index (χ1) is 11.2. The molecule has 1 fully saturated rings. The predicted octanol–water partition coefficient (Wildman–Crippen LogP) is 2.15. The number of nitrogens with zero attached hydrogens (tertiary/aromatic N) is 3. The normalized spacial score (nSPS) is 14.7. The van der Waals surface area contributed by atoms with Gasteiger partial charge in [-0.1, -0.05) is 0 Å². The molecule has 0 radical (unpaired) electrons. The van der Waals surface area contributed by atoms with E-state index in [9.17, 15) is 4.79 Å². The third-order valence-electron chi connectivity index (χ3n) is 4.12. The van der Waals surface area contributed by atoms with Crippen LogP contribution in [0.5, 0.6) is 0 Å². The molecule has 0 aliphatic carbocycles. The number of rotatable bonds is 4. The van der Waals surface area contributed by atoms with Gasteiger partial charge >= 0.3 is 5.97 Å². The Morgan fingerprint density at radius 2 is 1.70 bits per heavy atom. The van der Waals surface area contributed by atoms with E-state index in [0.29, 0.717) is 5.56 Å². The second-order valence-corrected chi connectivity index (χ2v) is 5.48. The van der Waals surface area contributed by atoms with Gasteiger partial charge < -0.3 is 20.2 Å². The van der Waals surface area contributed by atoms with Crippen LogP contribution in [0.4, 0.5) is 17.2 Å². The number of carbonyl (C=O) groups is 1. The van der Waals surface area contributed by atoms with E-state index in [1.807, 2.05) is 37.5 Å². The second kappa shape index (κ2) is 6.56. The Kier molecular flexibility index (Phi) is 4.32. The van der Waals surface area contributed by atoms with Crippen LogP contribution < -0.4 is 15.1 Å². The van der Waals surface area contributed by atoms with Crippen molar-refractivity contribution in [2.45, 2.75) is 0 Å². The summed E-state index contributed by atoms with van der Waals surface area (Å²) in [6.45, 7) is 3.57. The van der Waals surface area contributed by atoms with Crippen LogP contribution in [0.2, 0.25) is 0 Å². The van der Waals surface area contributed by atoms with Crippen molar-refractivity contribution in [1.82, 2.24) is 4.98 Å². The molecule has 1 saturated heterocycles. The highest BCUT2D eigenvalue weighted by molar-refractivity contribution is 5.88. The van der Waals surface area contributed by atoms with E-state index in [2.05, 4.69) is 20.1 Å². The number of aromatic carboxylic acids is 1. The van der Waals surface area contributed by atoms with Gasteiger partial charge in [-0.25, -0.2) is 9.78 Å². The standard InChI is InChI=1S/C17H20N4O2/c1-18-14-4-7-16(19-12-14)21-10-8-20(9-11-21)15-5-2-13(3-6-15)17(22)23/h2-7,12,18H,8-11H2,1H3,(H,22,23). The van der Waals surface area contributed by atoms with Crippen molar-refractivity contribution < 1.29 is 9.90 Å². The summed E-state index contributed by atoms with van der Waals surface area (Å²) >= 11 is 0. The van der Waals surface area contributed by atoms with E-state index in [1.54, 1.807) is 12.1 Å². The van der Waals surface area contributed by atoms with Crippen molar-refractivity contribution in [2.75, 3.05) is 48.3 Å². The Morgan fingerprint density at radius 1 is 1.04 bits per heavy atom. The Morgan fingerprint density at radius 3 is 2.22 bits per heavy atom. The average Bonchev–Trinajstić information content (AvgIpc) is 2.62. The van der Waals surface area contributed by atoms with Gasteiger partial charge in [-0.2, -0.15) is 0 Å². The smallest absolute Gasteiger partial charge is 0.335 e. The highest BCUT2D eigenvalue weighted by Gasteiger charge is 2.18. The number of hydrogen-bond donors (Lipinski definition) is 2. The number of anilines is 3. The van der Waals surface area contributed by atoms with E-state index in [4.69, 9.17) is 5.11 Å². The highest BCUT2D eigenvalue weighted by atomic mass is 16.4. The number of benzene rings is 1. The van der Waals surface area contributed by atoms with Crippen LogP contribution in [0.1, 0.15) is 10.4 Å². The van der Waals surface area contributed by atoms with Crippen LogP contribution in [0.3, 0.4) is 0 Å². The quantitative estimate of drug-likeness (QED) is 0.901. The van der Waals surface area contributed by atoms with E-state index >= 15 is 0 Å². The Bertz CT molecular complexity index is 662. The van der Waals surface area contributed by atoms with Crippen LogP contribution in [0.25, 0.3) is 0 Å². The molecule has 2 aromatic rings. The molecule has 0 unspecified atom stereocenters. The molecule has 1 aromatic carbocycles. The van der Waals surface area contributed by atoms with Crippen LogP contribution in [-0.2, 0) is 0 Å². The fourth-order valence-corrected chi connectivity index (χ4v) is 2.73. The maximum atomic E-state index is 10.9. The molecule has 1 aliphatic heterocycles. The lowest BCUT2D eigenvalue weighted by Crippen LogP contribution is -2.46. The molecule has 2 heterocycles. The Labute approximate surface area is 135 Å². The number of aromatic nitrogens is 1. The lowest BCUT2D eigenvalue weighted by molar-refractivity contribution is 0.0697. The van der Waals surface area contributed by atoms with E-state index < -0.39 is 5.97 Å². The maximum absolute atomic E-state index is 10.9. The largest absolute Gasteiger partial charge is 0.478 e. The van der Waals surface area contributed by atoms with Gasteiger partial charge in [-0.05, 0) is 36.4 Å². The number of nitrogens with one attached hydrogen (secondary N) is 1. The van der Waals surface area contributed by atoms with Crippen LogP contribution in [0, 0.1) is 0 Å². The highest BCUT2D eigenvalue weighted by Crippen LogP contribution is 2.20. The van der Waals surface area contributed by atoms with Crippen molar-refractivity contribution in [2.24, 2.45) is 0 Å². The van der Waals surface area contributed by atoms with Gasteiger partial charge in [0.05, 0.1) is 17.4 Å². The summed E-state index contributed by atoms with van der Waals surface area (Å²) in [5.41, 5.74) is 2.39. The van der Waals surface area contributed by atoms with Gasteiger partial charge in [0.2, 0.25) is 0 Å². The van der Waals surface area contributed by atoms with Crippen LogP contribution in [0.15, 0.2) is 42.6 Å². The molecule has 0 atom stereocenters. The van der Waals surface area contributed by atoms with Crippen molar-refractivity contribution in [3.63, 3.8) is 0 Å². The molecule has 120 valence electrons. The zero-order valence-electron chi connectivity index (χ0n) is 13.1. The van der Waals surface area contributed by atoms with Crippen LogP contribution >= 0.6 is 0 Å². The molecule has 1 aromatic heterocycles. The molecule has 6 heteroatoms. The Hall–Kier alpha value is -2.76. The zero-order chi connectivity index (χ0) is 16.2. The number of carboxylic acids is 1. The van der Waals surface area contributed by atoms with Gasteiger partial charge in [-0.15, -0.1) is 0 Å². The minimum Gasteiger partial charge on any atom is -0.478 e. The van der Waals surface area contributed by atoms with Crippen molar-refractivity contribution >= 4 is 23.2 Å². The minimum atomic E-state index is -0.891. The number of carboxylic acid groups (broad SMARTS) is 1. The lowest BCUT2D eigenvalue weighted by Gasteiger charge is -2.36. The van der Waals surface area contributed by atoms with Gasteiger partial charge in [0.1, 0.15) is 5.82 Å². The first-order valence-electron chi connectivity index (χ1n) is 7.64. The van der Waals surface area contributed by atoms with E-state index in [1.165, 1.54) is 0 Å². The average molecular weight is 312 g/mol. The number of hydrogen-bond acceptors (Lipinski definition) is 5. The third kappa shape index (κ3) is 3.36. The molecule has 0 bridgehead atoms. The monoisotopic (exact) mass is 312 g/mol. The maximum Gasteiger partial charge on any atom is 0.335 e. The van der Waals surface area contributed by atoms with Crippen molar-refractivity contribution in [3.8, 4) is 0 Å². The molecular formula is C17H20N4O2. The fraction of sp³-hybridized carbons (Fsp3) is 0.294. The molecule has 6 nitrogen and oxygen atoms in total. The first kappa shape index (κ1) is 15.1. The first-order valence-corrected chi connectivity index (χ1v) is 7.64. The van der Waals surface area contributed by atoms with Crippen molar-refractivity contribution in [1.29, 1.82) is 0 Å². The number of pyridine rings is 1. The molecule has 0 saturated carbocycles. The SMILES string of the molecule is CNc1ccc(N2CCN(c3ccc(C(=O)O)cc3)CC2)nc1. The van der Waals surface area contributed by atoms with Gasteiger partial charge in [0.15, 0.2) is 0 Å². The topological polar surface area (TPSA) is 68.7 Å². The molecule has 0 spiro atoms. The minimum absolute atomic E-state index is 0.321. The summed E-state index contributed by atoms with van der Waals surface area (Å²) in [5, 5.41) is 12.0. The fourth-order valence-electron chi connectivity index (χ4n) is 2.73. The molecule has 0 amide bonds. The summed E-state index contributed by atoms with van der Waals surface area (Å²) in [4.78, 5) is 19.9. The third-order valence-corrected chi connectivity index (χ3v) is 4.12. The van der Waals surface area contributed by atoms with E-state index in [0.717, 1.165) is 43.4 Å². The summed E-state index contributed by atoms with van der Waals surface area (Å²) in [7, 11) is 1.88. The molecule has 1 aliphatic rings. The predicted molar refractivity (Wildman–Crippen MR) is 91.6 cm³/mol. The van der Waals surface area contributed by atoms with Crippen LogP contribution in [-0.4, -0.2) is 49.3 Å². The van der Waals surface area contributed by atoms with Gasteiger partial charge in [0.25, 0.3) is 0 Å². The van der Waals surface area contributed by atoms with Gasteiger partial charge in [0, 0.05) is 38.9 Å². The lowest BCUT2D eigenvalue weighted by atomic mass is 10.2. The van der Waals surface area contributed by atoms with Crippen molar-refractivity contribution in [3.05, 3.63) is 48.2 Å². The summed E-state index contributed by atoms with van der Waals surface area (Å²) < 4.78 is 0. The van der Waals surface area contributed by atoms with E-state index in [-0.39, 0.29) is 0 Å². The number of piperazine rings is 1. The molecule has 23 heavy (non-hydrogen) atoms. The molecule has 3 rings (SSSR count).